The number of rotatable bonds is 1. The van der Waals surface area contributed by atoms with Crippen molar-refractivity contribution in [3.8, 4) is 0 Å². The van der Waals surface area contributed by atoms with Gasteiger partial charge in [-0.15, -0.1) is 0 Å². The topological polar surface area (TPSA) is 3.24 Å². The Morgan fingerprint density at radius 3 is 2.33 bits per heavy atom. The molecule has 0 bridgehead atoms. The molecule has 3 aliphatic rings. The maximum atomic E-state index is 13.4. The minimum Gasteiger partial charge on any atom is -0.297 e. The number of halogens is 2. The zero-order chi connectivity index (χ0) is 10.9. The molecule has 15 heavy (non-hydrogen) atoms. The lowest BCUT2D eigenvalue weighted by Gasteiger charge is -2.36. The van der Waals surface area contributed by atoms with Gasteiger partial charge in [0.1, 0.15) is 0 Å². The first kappa shape index (κ1) is 10.0. The van der Waals surface area contributed by atoms with Crippen molar-refractivity contribution >= 4 is 0 Å². The summed E-state index contributed by atoms with van der Waals surface area (Å²) in [6.07, 6.45) is 3.21. The third-order valence-electron chi connectivity index (χ3n) is 5.09. The zero-order valence-electron chi connectivity index (χ0n) is 9.52. The van der Waals surface area contributed by atoms with Gasteiger partial charge in [0.05, 0.1) is 5.41 Å². The van der Waals surface area contributed by atoms with Crippen molar-refractivity contribution in [2.45, 2.75) is 51.0 Å². The predicted octanol–water partition coefficient (Wildman–Crippen LogP) is 2.91. The largest absolute Gasteiger partial charge is 0.297 e. The van der Waals surface area contributed by atoms with E-state index in [4.69, 9.17) is 0 Å². The molecule has 0 aromatic rings. The fourth-order valence-corrected chi connectivity index (χ4v) is 4.00. The summed E-state index contributed by atoms with van der Waals surface area (Å²) >= 11 is 0. The van der Waals surface area contributed by atoms with Crippen molar-refractivity contribution in [1.82, 2.24) is 4.90 Å². The average Bonchev–Trinajstić information content (AvgIpc) is 2.46. The molecule has 0 radical (unpaired) electrons. The fourth-order valence-electron chi connectivity index (χ4n) is 4.00. The number of fused-ring (bicyclic) bond motifs is 1. The van der Waals surface area contributed by atoms with E-state index < -0.39 is 11.3 Å². The third-order valence-corrected chi connectivity index (χ3v) is 5.09. The van der Waals surface area contributed by atoms with Gasteiger partial charge in [-0.3, -0.25) is 4.90 Å². The fraction of sp³-hybridized carbons (Fsp3) is 1.00. The van der Waals surface area contributed by atoms with Crippen LogP contribution in [0.25, 0.3) is 0 Å². The Bertz CT molecular complexity index is 302. The normalized spacial score (nSPS) is 47.8. The second kappa shape index (κ2) is 2.55. The molecule has 2 aliphatic heterocycles. The molecule has 3 rings (SSSR count). The van der Waals surface area contributed by atoms with Crippen molar-refractivity contribution in [2.75, 3.05) is 13.1 Å². The van der Waals surface area contributed by atoms with Crippen molar-refractivity contribution in [1.29, 1.82) is 0 Å². The first-order valence-corrected chi connectivity index (χ1v) is 6.05. The second-order valence-corrected chi connectivity index (χ2v) is 6.12. The quantitative estimate of drug-likeness (QED) is 0.650. The van der Waals surface area contributed by atoms with Gasteiger partial charge in [0, 0.05) is 18.5 Å². The Kier molecular flexibility index (Phi) is 1.70. The lowest BCUT2D eigenvalue weighted by molar-refractivity contribution is 0.0651. The lowest BCUT2D eigenvalue weighted by Crippen LogP contribution is -2.42. The molecule has 0 aromatic carbocycles. The standard InChI is InChI=1S/C12H19F2N/c1-9(2)11-4-3-5-15(11)8-10(6-11)7-12(10,13)14/h9H,3-8H2,1-2H3. The van der Waals surface area contributed by atoms with Gasteiger partial charge in [-0.05, 0) is 31.7 Å². The third kappa shape index (κ3) is 1.05. The minimum absolute atomic E-state index is 0.111. The molecule has 86 valence electrons. The molecule has 0 N–H and O–H groups in total. The van der Waals surface area contributed by atoms with E-state index in [9.17, 15) is 8.78 Å². The molecule has 1 nitrogen and oxygen atoms in total. The summed E-state index contributed by atoms with van der Waals surface area (Å²) in [6, 6.07) is 0. The smallest absolute Gasteiger partial charge is 0.255 e. The van der Waals surface area contributed by atoms with Crippen LogP contribution in [0.15, 0.2) is 0 Å². The van der Waals surface area contributed by atoms with Gasteiger partial charge in [-0.2, -0.15) is 0 Å². The van der Waals surface area contributed by atoms with Crippen LogP contribution >= 0.6 is 0 Å². The number of hydrogen-bond acceptors (Lipinski definition) is 1. The van der Waals surface area contributed by atoms with Gasteiger partial charge >= 0.3 is 0 Å². The van der Waals surface area contributed by atoms with E-state index in [0.29, 0.717) is 12.5 Å². The van der Waals surface area contributed by atoms with Crippen LogP contribution in [-0.2, 0) is 0 Å². The molecule has 1 saturated carbocycles. The summed E-state index contributed by atoms with van der Waals surface area (Å²) < 4.78 is 26.8. The molecular formula is C12H19F2N. The van der Waals surface area contributed by atoms with Gasteiger partial charge in [-0.1, -0.05) is 13.8 Å². The van der Waals surface area contributed by atoms with Crippen LogP contribution in [0.3, 0.4) is 0 Å². The van der Waals surface area contributed by atoms with Crippen LogP contribution in [0.1, 0.15) is 39.5 Å². The molecular weight excluding hydrogens is 196 g/mol. The molecule has 1 aliphatic carbocycles. The summed E-state index contributed by atoms with van der Waals surface area (Å²) in [5.74, 6) is -1.85. The van der Waals surface area contributed by atoms with E-state index in [1.807, 2.05) is 0 Å². The molecule has 3 fully saturated rings. The van der Waals surface area contributed by atoms with E-state index in [0.717, 1.165) is 19.4 Å². The second-order valence-electron chi connectivity index (χ2n) is 6.12. The van der Waals surface area contributed by atoms with Crippen LogP contribution in [0.4, 0.5) is 8.78 Å². The van der Waals surface area contributed by atoms with Crippen LogP contribution in [0.5, 0.6) is 0 Å². The molecule has 0 amide bonds. The van der Waals surface area contributed by atoms with Crippen molar-refractivity contribution < 1.29 is 8.78 Å². The molecule has 2 saturated heterocycles. The zero-order valence-corrected chi connectivity index (χ0v) is 9.52. The Labute approximate surface area is 89.8 Å². The van der Waals surface area contributed by atoms with Gasteiger partial charge in [0.15, 0.2) is 0 Å². The van der Waals surface area contributed by atoms with Crippen LogP contribution in [0.2, 0.25) is 0 Å². The first-order valence-electron chi connectivity index (χ1n) is 6.05. The van der Waals surface area contributed by atoms with Crippen molar-refractivity contribution in [3.05, 3.63) is 0 Å². The number of nitrogens with zero attached hydrogens (tertiary/aromatic N) is 1. The predicted molar refractivity (Wildman–Crippen MR) is 55.0 cm³/mol. The van der Waals surface area contributed by atoms with Crippen LogP contribution in [0, 0.1) is 11.3 Å². The van der Waals surface area contributed by atoms with Gasteiger partial charge in [-0.25, -0.2) is 8.78 Å². The Morgan fingerprint density at radius 1 is 1.20 bits per heavy atom. The van der Waals surface area contributed by atoms with Gasteiger partial charge in [0.25, 0.3) is 5.92 Å². The number of hydrogen-bond donors (Lipinski definition) is 0. The van der Waals surface area contributed by atoms with Crippen LogP contribution in [-0.4, -0.2) is 29.5 Å². The molecule has 2 unspecified atom stereocenters. The Morgan fingerprint density at radius 2 is 1.87 bits per heavy atom. The SMILES string of the molecule is CC(C)C12CCCN1CC1(C2)CC1(F)F. The maximum Gasteiger partial charge on any atom is 0.255 e. The van der Waals surface area contributed by atoms with Crippen molar-refractivity contribution in [3.63, 3.8) is 0 Å². The highest BCUT2D eigenvalue weighted by molar-refractivity contribution is 5.22. The maximum absolute atomic E-state index is 13.4. The Hall–Kier alpha value is -0.180. The minimum atomic E-state index is -2.36. The highest BCUT2D eigenvalue weighted by atomic mass is 19.3. The monoisotopic (exact) mass is 215 g/mol. The average molecular weight is 215 g/mol. The van der Waals surface area contributed by atoms with E-state index >= 15 is 0 Å². The molecule has 3 heteroatoms. The summed E-state index contributed by atoms with van der Waals surface area (Å²) in [4.78, 5) is 2.36. The van der Waals surface area contributed by atoms with Gasteiger partial charge in [0.2, 0.25) is 0 Å². The first-order chi connectivity index (χ1) is 6.92. The molecule has 2 atom stereocenters. The van der Waals surface area contributed by atoms with E-state index in [2.05, 4.69) is 18.7 Å². The van der Waals surface area contributed by atoms with E-state index in [-0.39, 0.29) is 12.0 Å². The lowest BCUT2D eigenvalue weighted by atomic mass is 9.79. The summed E-state index contributed by atoms with van der Waals surface area (Å²) in [6.45, 7) is 6.07. The van der Waals surface area contributed by atoms with E-state index in [1.165, 1.54) is 6.42 Å². The highest BCUT2D eigenvalue weighted by Crippen LogP contribution is 2.70. The summed E-state index contributed by atoms with van der Waals surface area (Å²) in [5.41, 5.74) is -0.516. The number of alkyl halides is 2. The molecule has 0 aromatic heterocycles. The molecule has 2 heterocycles. The summed E-state index contributed by atoms with van der Waals surface area (Å²) in [7, 11) is 0. The summed E-state index contributed by atoms with van der Waals surface area (Å²) in [5, 5.41) is 0. The van der Waals surface area contributed by atoms with Gasteiger partial charge < -0.3 is 0 Å². The molecule has 1 spiro atoms. The van der Waals surface area contributed by atoms with E-state index in [1.54, 1.807) is 0 Å². The highest BCUT2D eigenvalue weighted by Gasteiger charge is 2.77. The van der Waals surface area contributed by atoms with Crippen LogP contribution < -0.4 is 0 Å². The van der Waals surface area contributed by atoms with Crippen molar-refractivity contribution in [2.24, 2.45) is 11.3 Å². The Balaban J connectivity index is 1.90.